The number of rotatable bonds is 1. The number of nitrogens with zero attached hydrogens (tertiary/aromatic N) is 4. The molecule has 3 aromatic rings. The van der Waals surface area contributed by atoms with E-state index >= 15 is 0 Å². The van der Waals surface area contributed by atoms with Crippen LogP contribution in [0.5, 0.6) is 0 Å². The molecule has 0 spiro atoms. The summed E-state index contributed by atoms with van der Waals surface area (Å²) in [6, 6.07) is 17.0. The lowest BCUT2D eigenvalue weighted by atomic mass is 9.88. The number of hydrogen-bond acceptors (Lipinski definition) is 3. The molecule has 0 fully saturated rings. The Bertz CT molecular complexity index is 792. The van der Waals surface area contributed by atoms with E-state index < -0.39 is 0 Å². The average Bonchev–Trinajstić information content (AvgIpc) is 2.92. The first kappa shape index (κ1) is 12.4. The molecule has 2 heterocycles. The minimum Gasteiger partial charge on any atom is -0.374 e. The SMILES string of the molecule is C[C@@H]1CN(C)c2ccccc2[C@H]1n1nnc2ccccc21. The Hall–Kier alpha value is -2.36. The summed E-state index contributed by atoms with van der Waals surface area (Å²) in [5, 5.41) is 8.76. The van der Waals surface area contributed by atoms with Gasteiger partial charge in [-0.2, -0.15) is 0 Å². The summed E-state index contributed by atoms with van der Waals surface area (Å²) in [5.74, 6) is 0.481. The zero-order valence-electron chi connectivity index (χ0n) is 12.3. The molecule has 1 aliphatic heterocycles. The van der Waals surface area contributed by atoms with Crippen LogP contribution in [0.1, 0.15) is 18.5 Å². The Morgan fingerprint density at radius 3 is 2.71 bits per heavy atom. The first-order valence-electron chi connectivity index (χ1n) is 7.35. The van der Waals surface area contributed by atoms with E-state index in [0.29, 0.717) is 5.92 Å². The summed E-state index contributed by atoms with van der Waals surface area (Å²) in [5.41, 5.74) is 4.68. The Balaban J connectivity index is 1.93. The topological polar surface area (TPSA) is 34.0 Å². The molecule has 2 atom stereocenters. The Morgan fingerprint density at radius 1 is 1.05 bits per heavy atom. The second-order valence-electron chi connectivity index (χ2n) is 5.88. The van der Waals surface area contributed by atoms with Crippen LogP contribution in [0, 0.1) is 5.92 Å². The van der Waals surface area contributed by atoms with Crippen molar-refractivity contribution >= 4 is 16.7 Å². The molecule has 0 bridgehead atoms. The normalized spacial score (nSPS) is 21.5. The highest BCUT2D eigenvalue weighted by Gasteiger charge is 2.32. The molecule has 0 aliphatic carbocycles. The smallest absolute Gasteiger partial charge is 0.113 e. The number of para-hydroxylation sites is 2. The highest BCUT2D eigenvalue weighted by molar-refractivity contribution is 5.74. The molecule has 4 rings (SSSR count). The highest BCUT2D eigenvalue weighted by atomic mass is 15.4. The minimum atomic E-state index is 0.241. The van der Waals surface area contributed by atoms with Gasteiger partial charge in [-0.15, -0.1) is 5.10 Å². The van der Waals surface area contributed by atoms with Crippen LogP contribution >= 0.6 is 0 Å². The lowest BCUT2D eigenvalue weighted by molar-refractivity contribution is 0.367. The summed E-state index contributed by atoms with van der Waals surface area (Å²) in [7, 11) is 2.16. The molecule has 0 N–H and O–H groups in total. The van der Waals surface area contributed by atoms with Crippen molar-refractivity contribution < 1.29 is 0 Å². The molecule has 0 unspecified atom stereocenters. The molecular formula is C17H18N4. The largest absolute Gasteiger partial charge is 0.374 e. The maximum Gasteiger partial charge on any atom is 0.113 e. The molecule has 0 saturated heterocycles. The lowest BCUT2D eigenvalue weighted by Crippen LogP contribution is -2.36. The third-order valence-corrected chi connectivity index (χ3v) is 4.41. The quantitative estimate of drug-likeness (QED) is 0.686. The van der Waals surface area contributed by atoms with Crippen molar-refractivity contribution in [3.63, 3.8) is 0 Å². The van der Waals surface area contributed by atoms with Crippen LogP contribution < -0.4 is 4.90 Å². The molecule has 4 nitrogen and oxygen atoms in total. The fourth-order valence-corrected chi connectivity index (χ4v) is 3.49. The van der Waals surface area contributed by atoms with E-state index in [-0.39, 0.29) is 6.04 Å². The van der Waals surface area contributed by atoms with Crippen LogP contribution in [0.4, 0.5) is 5.69 Å². The van der Waals surface area contributed by atoms with Gasteiger partial charge in [0.2, 0.25) is 0 Å². The first-order chi connectivity index (χ1) is 10.3. The van der Waals surface area contributed by atoms with E-state index in [1.165, 1.54) is 11.3 Å². The molecular weight excluding hydrogens is 260 g/mol. The Morgan fingerprint density at radius 2 is 1.81 bits per heavy atom. The maximum atomic E-state index is 4.44. The van der Waals surface area contributed by atoms with E-state index in [9.17, 15) is 0 Å². The van der Waals surface area contributed by atoms with Crippen molar-refractivity contribution in [3.05, 3.63) is 54.1 Å². The van der Waals surface area contributed by atoms with Gasteiger partial charge in [-0.25, -0.2) is 4.68 Å². The molecule has 0 radical (unpaired) electrons. The third-order valence-electron chi connectivity index (χ3n) is 4.41. The van der Waals surface area contributed by atoms with Crippen LogP contribution in [0.2, 0.25) is 0 Å². The van der Waals surface area contributed by atoms with Crippen molar-refractivity contribution in [2.24, 2.45) is 5.92 Å². The molecule has 1 aromatic heterocycles. The van der Waals surface area contributed by atoms with Gasteiger partial charge in [0.25, 0.3) is 0 Å². The number of aromatic nitrogens is 3. The van der Waals surface area contributed by atoms with Crippen LogP contribution in [0.3, 0.4) is 0 Å². The molecule has 0 amide bonds. The molecule has 2 aromatic carbocycles. The third kappa shape index (κ3) is 1.82. The van der Waals surface area contributed by atoms with E-state index in [4.69, 9.17) is 0 Å². The first-order valence-corrected chi connectivity index (χ1v) is 7.35. The van der Waals surface area contributed by atoms with E-state index in [1.807, 2.05) is 18.2 Å². The fourth-order valence-electron chi connectivity index (χ4n) is 3.49. The van der Waals surface area contributed by atoms with Gasteiger partial charge in [-0.05, 0) is 18.2 Å². The van der Waals surface area contributed by atoms with Crippen molar-refractivity contribution in [2.45, 2.75) is 13.0 Å². The minimum absolute atomic E-state index is 0.241. The van der Waals surface area contributed by atoms with E-state index in [2.05, 4.69) is 64.2 Å². The summed E-state index contributed by atoms with van der Waals surface area (Å²) < 4.78 is 2.09. The monoisotopic (exact) mass is 278 g/mol. The van der Waals surface area contributed by atoms with E-state index in [0.717, 1.165) is 17.6 Å². The molecule has 0 saturated carbocycles. The lowest BCUT2D eigenvalue weighted by Gasteiger charge is -2.37. The van der Waals surface area contributed by atoms with Crippen LogP contribution in [-0.4, -0.2) is 28.6 Å². The Kier molecular flexibility index (Phi) is 2.70. The number of fused-ring (bicyclic) bond motifs is 2. The zero-order valence-corrected chi connectivity index (χ0v) is 12.3. The fraction of sp³-hybridized carbons (Fsp3) is 0.294. The summed E-state index contributed by atoms with van der Waals surface area (Å²) in [6.07, 6.45) is 0. The second-order valence-corrected chi connectivity index (χ2v) is 5.88. The molecule has 21 heavy (non-hydrogen) atoms. The van der Waals surface area contributed by atoms with Gasteiger partial charge in [0.05, 0.1) is 11.6 Å². The average molecular weight is 278 g/mol. The predicted octanol–water partition coefficient (Wildman–Crippen LogP) is 3.11. The van der Waals surface area contributed by atoms with Gasteiger partial charge >= 0.3 is 0 Å². The highest BCUT2D eigenvalue weighted by Crippen LogP contribution is 2.39. The van der Waals surface area contributed by atoms with Crippen molar-refractivity contribution in [1.82, 2.24) is 15.0 Å². The van der Waals surface area contributed by atoms with Gasteiger partial charge in [0, 0.05) is 30.8 Å². The van der Waals surface area contributed by atoms with Gasteiger partial charge in [0.1, 0.15) is 5.52 Å². The van der Waals surface area contributed by atoms with Crippen LogP contribution in [-0.2, 0) is 0 Å². The van der Waals surface area contributed by atoms with Gasteiger partial charge in [0.15, 0.2) is 0 Å². The van der Waals surface area contributed by atoms with Crippen LogP contribution in [0.15, 0.2) is 48.5 Å². The standard InChI is InChI=1S/C17H18N4/c1-12-11-20(2)15-9-5-3-7-13(15)17(12)21-16-10-6-4-8-14(16)18-19-21/h3-10,12,17H,11H2,1-2H3/t12-,17+/m1/s1. The number of hydrogen-bond donors (Lipinski definition) is 0. The number of anilines is 1. The summed E-state index contributed by atoms with van der Waals surface area (Å²) in [6.45, 7) is 3.31. The van der Waals surface area contributed by atoms with Gasteiger partial charge < -0.3 is 4.90 Å². The van der Waals surface area contributed by atoms with Gasteiger partial charge in [-0.1, -0.05) is 42.5 Å². The number of benzene rings is 2. The molecule has 106 valence electrons. The van der Waals surface area contributed by atoms with Crippen molar-refractivity contribution in [1.29, 1.82) is 0 Å². The summed E-state index contributed by atoms with van der Waals surface area (Å²) >= 11 is 0. The molecule has 1 aliphatic rings. The van der Waals surface area contributed by atoms with Crippen molar-refractivity contribution in [3.8, 4) is 0 Å². The van der Waals surface area contributed by atoms with Crippen molar-refractivity contribution in [2.75, 3.05) is 18.5 Å². The summed E-state index contributed by atoms with van der Waals surface area (Å²) in [4.78, 5) is 2.33. The zero-order chi connectivity index (χ0) is 14.4. The van der Waals surface area contributed by atoms with Crippen LogP contribution in [0.25, 0.3) is 11.0 Å². The molecule has 4 heteroatoms. The Labute approximate surface area is 124 Å². The predicted molar refractivity (Wildman–Crippen MR) is 84.5 cm³/mol. The van der Waals surface area contributed by atoms with Gasteiger partial charge in [-0.3, -0.25) is 0 Å². The van der Waals surface area contributed by atoms with E-state index in [1.54, 1.807) is 0 Å². The second kappa shape index (κ2) is 4.58. The maximum absolute atomic E-state index is 4.44.